The van der Waals surface area contributed by atoms with Crippen LogP contribution in [-0.4, -0.2) is 11.1 Å². The summed E-state index contributed by atoms with van der Waals surface area (Å²) >= 11 is 11.6. The number of hydrogen-bond acceptors (Lipinski definition) is 1. The molecule has 1 unspecified atom stereocenters. The van der Waals surface area contributed by atoms with E-state index in [4.69, 9.17) is 28.3 Å². The second-order valence-corrected chi connectivity index (χ2v) is 4.21. The molecule has 0 bridgehead atoms. The summed E-state index contributed by atoms with van der Waals surface area (Å²) in [6.45, 7) is 1.86. The molecule has 0 radical (unpaired) electrons. The molecule has 15 heavy (non-hydrogen) atoms. The number of carboxylic acid groups (broad SMARTS) is 1. The Morgan fingerprint density at radius 2 is 2.07 bits per heavy atom. The summed E-state index contributed by atoms with van der Waals surface area (Å²) < 4.78 is 0. The topological polar surface area (TPSA) is 37.3 Å². The van der Waals surface area contributed by atoms with E-state index in [2.05, 4.69) is 0 Å². The number of benzene rings is 1. The van der Waals surface area contributed by atoms with Gasteiger partial charge in [-0.15, -0.1) is 0 Å². The normalized spacial score (nSPS) is 12.5. The minimum Gasteiger partial charge on any atom is -0.481 e. The molecule has 1 rings (SSSR count). The second kappa shape index (κ2) is 5.38. The lowest BCUT2D eigenvalue weighted by atomic mass is 9.97. The smallest absolute Gasteiger partial charge is 0.306 e. The summed E-state index contributed by atoms with van der Waals surface area (Å²) in [6, 6.07) is 5.21. The van der Waals surface area contributed by atoms with E-state index in [1.807, 2.05) is 6.92 Å². The highest BCUT2D eigenvalue weighted by molar-refractivity contribution is 6.42. The van der Waals surface area contributed by atoms with Crippen molar-refractivity contribution in [2.75, 3.05) is 0 Å². The average molecular weight is 247 g/mol. The van der Waals surface area contributed by atoms with Crippen molar-refractivity contribution in [1.29, 1.82) is 0 Å². The Kier molecular flexibility index (Phi) is 4.43. The number of carbonyl (C=O) groups is 1. The monoisotopic (exact) mass is 246 g/mol. The Hall–Kier alpha value is -0.730. The van der Waals surface area contributed by atoms with Crippen LogP contribution >= 0.6 is 23.2 Å². The van der Waals surface area contributed by atoms with Crippen molar-refractivity contribution in [3.63, 3.8) is 0 Å². The van der Waals surface area contributed by atoms with Crippen LogP contribution in [0.3, 0.4) is 0 Å². The fourth-order valence-corrected chi connectivity index (χ4v) is 1.68. The van der Waals surface area contributed by atoms with Gasteiger partial charge in [0.15, 0.2) is 0 Å². The van der Waals surface area contributed by atoms with Gasteiger partial charge < -0.3 is 5.11 Å². The number of rotatable bonds is 4. The zero-order valence-corrected chi connectivity index (χ0v) is 9.85. The van der Waals surface area contributed by atoms with E-state index < -0.39 is 5.97 Å². The lowest BCUT2D eigenvalue weighted by Crippen LogP contribution is -2.15. The third-order valence-corrected chi connectivity index (χ3v) is 3.05. The molecule has 1 atom stereocenters. The standard InChI is InChI=1S/C11H12Cl2O2/c1-2-8(11(14)15)5-7-3-4-9(12)10(13)6-7/h3-4,6,8H,2,5H2,1H3,(H,14,15). The Labute approximate surface area is 98.8 Å². The van der Waals surface area contributed by atoms with E-state index in [1.165, 1.54) is 0 Å². The van der Waals surface area contributed by atoms with Gasteiger partial charge in [0.1, 0.15) is 0 Å². The van der Waals surface area contributed by atoms with E-state index in [-0.39, 0.29) is 5.92 Å². The largest absolute Gasteiger partial charge is 0.481 e. The van der Waals surface area contributed by atoms with Gasteiger partial charge in [0.05, 0.1) is 16.0 Å². The lowest BCUT2D eigenvalue weighted by molar-refractivity contribution is -0.141. The van der Waals surface area contributed by atoms with Crippen molar-refractivity contribution in [2.24, 2.45) is 5.92 Å². The maximum Gasteiger partial charge on any atom is 0.306 e. The van der Waals surface area contributed by atoms with Crippen LogP contribution in [0.4, 0.5) is 0 Å². The summed E-state index contributed by atoms with van der Waals surface area (Å²) in [5, 5.41) is 9.86. The number of aliphatic carboxylic acids is 1. The van der Waals surface area contributed by atoms with Gasteiger partial charge in [-0.25, -0.2) is 0 Å². The van der Waals surface area contributed by atoms with Gasteiger partial charge in [-0.1, -0.05) is 36.2 Å². The van der Waals surface area contributed by atoms with Crippen LogP contribution in [0.15, 0.2) is 18.2 Å². The highest BCUT2D eigenvalue weighted by Crippen LogP contribution is 2.24. The molecular formula is C11H12Cl2O2. The van der Waals surface area contributed by atoms with E-state index in [1.54, 1.807) is 18.2 Å². The van der Waals surface area contributed by atoms with Crippen LogP contribution in [0, 0.1) is 5.92 Å². The second-order valence-electron chi connectivity index (χ2n) is 3.40. The third-order valence-electron chi connectivity index (χ3n) is 2.31. The third kappa shape index (κ3) is 3.40. The maximum absolute atomic E-state index is 10.8. The summed E-state index contributed by atoms with van der Waals surface area (Å²) in [5.41, 5.74) is 0.902. The molecule has 0 heterocycles. The van der Waals surface area contributed by atoms with Crippen LogP contribution in [0.5, 0.6) is 0 Å². The predicted octanol–water partition coefficient (Wildman–Crippen LogP) is 3.65. The Balaban J connectivity index is 2.80. The van der Waals surface area contributed by atoms with Crippen molar-refractivity contribution < 1.29 is 9.90 Å². The van der Waals surface area contributed by atoms with Gasteiger partial charge >= 0.3 is 5.97 Å². The lowest BCUT2D eigenvalue weighted by Gasteiger charge is -2.09. The highest BCUT2D eigenvalue weighted by Gasteiger charge is 2.15. The molecule has 1 aromatic carbocycles. The molecule has 0 saturated carbocycles. The summed E-state index contributed by atoms with van der Waals surface area (Å²) in [7, 11) is 0. The zero-order valence-electron chi connectivity index (χ0n) is 8.34. The van der Waals surface area contributed by atoms with Gasteiger partial charge in [0.2, 0.25) is 0 Å². The molecule has 82 valence electrons. The van der Waals surface area contributed by atoms with Gasteiger partial charge in [0, 0.05) is 0 Å². The molecule has 0 aromatic heterocycles. The molecule has 0 aliphatic carbocycles. The number of halogens is 2. The van der Waals surface area contributed by atoms with E-state index in [0.717, 1.165) is 5.56 Å². The molecule has 2 nitrogen and oxygen atoms in total. The summed E-state index contributed by atoms with van der Waals surface area (Å²) in [6.07, 6.45) is 1.10. The van der Waals surface area contributed by atoms with Crippen LogP contribution in [-0.2, 0) is 11.2 Å². The van der Waals surface area contributed by atoms with Crippen LogP contribution in [0.25, 0.3) is 0 Å². The van der Waals surface area contributed by atoms with Crippen molar-refractivity contribution in [3.05, 3.63) is 33.8 Å². The van der Waals surface area contributed by atoms with Gasteiger partial charge in [-0.2, -0.15) is 0 Å². The fraction of sp³-hybridized carbons (Fsp3) is 0.364. The molecule has 0 aliphatic heterocycles. The molecule has 0 aliphatic rings. The Bertz CT molecular complexity index is 364. The predicted molar refractivity (Wildman–Crippen MR) is 61.6 cm³/mol. The maximum atomic E-state index is 10.8. The number of hydrogen-bond donors (Lipinski definition) is 1. The molecule has 4 heteroatoms. The molecule has 0 amide bonds. The first-order chi connectivity index (χ1) is 7.04. The Morgan fingerprint density at radius 1 is 1.40 bits per heavy atom. The van der Waals surface area contributed by atoms with Crippen molar-refractivity contribution in [3.8, 4) is 0 Å². The highest BCUT2D eigenvalue weighted by atomic mass is 35.5. The quantitative estimate of drug-likeness (QED) is 0.881. The molecule has 0 spiro atoms. The van der Waals surface area contributed by atoms with E-state index in [0.29, 0.717) is 22.9 Å². The van der Waals surface area contributed by atoms with Crippen LogP contribution in [0.2, 0.25) is 10.0 Å². The van der Waals surface area contributed by atoms with E-state index >= 15 is 0 Å². The van der Waals surface area contributed by atoms with Gasteiger partial charge in [0.25, 0.3) is 0 Å². The van der Waals surface area contributed by atoms with E-state index in [9.17, 15) is 4.79 Å². The van der Waals surface area contributed by atoms with Crippen molar-refractivity contribution in [2.45, 2.75) is 19.8 Å². The van der Waals surface area contributed by atoms with Crippen molar-refractivity contribution >= 4 is 29.2 Å². The fourth-order valence-electron chi connectivity index (χ4n) is 1.36. The molecular weight excluding hydrogens is 235 g/mol. The Morgan fingerprint density at radius 3 is 2.53 bits per heavy atom. The van der Waals surface area contributed by atoms with Crippen LogP contribution < -0.4 is 0 Å². The number of carboxylic acids is 1. The molecule has 1 N–H and O–H groups in total. The van der Waals surface area contributed by atoms with Crippen molar-refractivity contribution in [1.82, 2.24) is 0 Å². The first-order valence-electron chi connectivity index (χ1n) is 4.71. The average Bonchev–Trinajstić information content (AvgIpc) is 2.19. The minimum atomic E-state index is -0.774. The first kappa shape index (κ1) is 12.3. The minimum absolute atomic E-state index is 0.359. The van der Waals surface area contributed by atoms with Gasteiger partial charge in [-0.05, 0) is 30.5 Å². The molecule has 0 fully saturated rings. The first-order valence-corrected chi connectivity index (χ1v) is 5.47. The van der Waals surface area contributed by atoms with Gasteiger partial charge in [-0.3, -0.25) is 4.79 Å². The summed E-state index contributed by atoms with van der Waals surface area (Å²) in [4.78, 5) is 10.8. The molecule has 0 saturated heterocycles. The molecule has 1 aromatic rings. The van der Waals surface area contributed by atoms with Crippen LogP contribution in [0.1, 0.15) is 18.9 Å². The summed E-state index contributed by atoms with van der Waals surface area (Å²) in [5.74, 6) is -1.13. The SMILES string of the molecule is CCC(Cc1ccc(Cl)c(Cl)c1)C(=O)O. The zero-order chi connectivity index (χ0) is 11.4.